The van der Waals surface area contributed by atoms with Crippen molar-refractivity contribution in [2.45, 2.75) is 38.7 Å². The Morgan fingerprint density at radius 1 is 1.60 bits per heavy atom. The van der Waals surface area contributed by atoms with Crippen LogP contribution in [0.25, 0.3) is 0 Å². The summed E-state index contributed by atoms with van der Waals surface area (Å²) in [7, 11) is 1.89. The van der Waals surface area contributed by atoms with E-state index in [-0.39, 0.29) is 5.60 Å². The van der Waals surface area contributed by atoms with Crippen molar-refractivity contribution in [2.75, 3.05) is 12.3 Å². The summed E-state index contributed by atoms with van der Waals surface area (Å²) in [5.74, 6) is 0.768. The smallest absolute Gasteiger partial charge is 0.124 e. The van der Waals surface area contributed by atoms with Gasteiger partial charge in [-0.25, -0.2) is 0 Å². The quantitative estimate of drug-likeness (QED) is 0.804. The largest absolute Gasteiger partial charge is 0.384 e. The van der Waals surface area contributed by atoms with Crippen LogP contribution < -0.4 is 5.73 Å². The van der Waals surface area contributed by atoms with Gasteiger partial charge in [0.1, 0.15) is 11.4 Å². The maximum atomic E-state index is 5.99. The van der Waals surface area contributed by atoms with E-state index in [9.17, 15) is 0 Å². The van der Waals surface area contributed by atoms with E-state index in [4.69, 9.17) is 10.5 Å². The van der Waals surface area contributed by atoms with Crippen LogP contribution in [0.3, 0.4) is 0 Å². The zero-order valence-corrected chi connectivity index (χ0v) is 9.71. The Morgan fingerprint density at radius 3 is 2.87 bits per heavy atom. The van der Waals surface area contributed by atoms with Gasteiger partial charge in [0.25, 0.3) is 0 Å². The number of nitrogen functional groups attached to an aromatic ring is 1. The Morgan fingerprint density at radius 2 is 2.33 bits per heavy atom. The first-order valence-electron chi connectivity index (χ1n) is 5.54. The summed E-state index contributed by atoms with van der Waals surface area (Å²) in [6.45, 7) is 5.05. The number of hydrogen-bond donors (Lipinski definition) is 1. The van der Waals surface area contributed by atoms with E-state index < -0.39 is 0 Å². The van der Waals surface area contributed by atoms with Gasteiger partial charge in [0.2, 0.25) is 0 Å². The molecule has 0 amide bonds. The number of hydrogen-bond acceptors (Lipinski definition) is 3. The fraction of sp³-hybridized carbons (Fsp3) is 0.727. The SMILES string of the molecule is CCc1c(C2(C)CCCO2)nn(C)c1N. The normalized spacial score (nSPS) is 26.1. The molecule has 2 N–H and O–H groups in total. The van der Waals surface area contributed by atoms with Crippen molar-refractivity contribution in [3.8, 4) is 0 Å². The zero-order chi connectivity index (χ0) is 11.1. The van der Waals surface area contributed by atoms with E-state index in [1.807, 2.05) is 7.05 Å². The van der Waals surface area contributed by atoms with Crippen LogP contribution in [0.5, 0.6) is 0 Å². The number of aryl methyl sites for hydroxylation is 1. The van der Waals surface area contributed by atoms with E-state index in [1.165, 1.54) is 0 Å². The van der Waals surface area contributed by atoms with E-state index in [0.29, 0.717) is 0 Å². The summed E-state index contributed by atoms with van der Waals surface area (Å²) in [6, 6.07) is 0. The minimum absolute atomic E-state index is 0.222. The number of anilines is 1. The van der Waals surface area contributed by atoms with Gasteiger partial charge < -0.3 is 10.5 Å². The van der Waals surface area contributed by atoms with Crippen molar-refractivity contribution in [1.82, 2.24) is 9.78 Å². The topological polar surface area (TPSA) is 53.1 Å². The predicted octanol–water partition coefficient (Wildman–Crippen LogP) is 1.59. The average molecular weight is 209 g/mol. The molecule has 15 heavy (non-hydrogen) atoms. The zero-order valence-electron chi connectivity index (χ0n) is 9.71. The molecule has 0 spiro atoms. The van der Waals surface area contributed by atoms with Gasteiger partial charge in [0.15, 0.2) is 0 Å². The highest BCUT2D eigenvalue weighted by molar-refractivity contribution is 5.45. The fourth-order valence-electron chi connectivity index (χ4n) is 2.32. The maximum Gasteiger partial charge on any atom is 0.124 e. The Hall–Kier alpha value is -1.03. The standard InChI is InChI=1S/C11H19N3O/c1-4-8-9(13-14(3)10(8)12)11(2)6-5-7-15-11/h4-7,12H2,1-3H3. The Bertz CT molecular complexity index is 364. The van der Waals surface area contributed by atoms with Crippen LogP contribution in [-0.2, 0) is 23.8 Å². The highest BCUT2D eigenvalue weighted by atomic mass is 16.5. The fourth-order valence-corrected chi connectivity index (χ4v) is 2.32. The third-order valence-electron chi connectivity index (χ3n) is 3.27. The lowest BCUT2D eigenvalue weighted by molar-refractivity contribution is 0.0122. The van der Waals surface area contributed by atoms with Crippen molar-refractivity contribution >= 4 is 5.82 Å². The lowest BCUT2D eigenvalue weighted by atomic mass is 9.94. The third kappa shape index (κ3) is 1.53. The summed E-state index contributed by atoms with van der Waals surface area (Å²) in [4.78, 5) is 0. The van der Waals surface area contributed by atoms with Crippen LogP contribution in [0.1, 0.15) is 37.9 Å². The molecule has 1 aromatic rings. The van der Waals surface area contributed by atoms with Gasteiger partial charge in [-0.15, -0.1) is 0 Å². The Kier molecular flexibility index (Phi) is 2.46. The highest BCUT2D eigenvalue weighted by Gasteiger charge is 2.37. The monoisotopic (exact) mass is 209 g/mol. The van der Waals surface area contributed by atoms with Gasteiger partial charge in [0, 0.05) is 19.2 Å². The molecule has 0 saturated carbocycles. The highest BCUT2D eigenvalue weighted by Crippen LogP contribution is 2.38. The molecule has 1 unspecified atom stereocenters. The molecule has 0 radical (unpaired) electrons. The molecule has 1 atom stereocenters. The molecular formula is C11H19N3O. The van der Waals surface area contributed by atoms with Crippen molar-refractivity contribution in [3.63, 3.8) is 0 Å². The molecule has 1 aromatic heterocycles. The van der Waals surface area contributed by atoms with Crippen LogP contribution in [-0.4, -0.2) is 16.4 Å². The predicted molar refractivity (Wildman–Crippen MR) is 59.5 cm³/mol. The Balaban J connectivity index is 2.47. The molecule has 1 fully saturated rings. The van der Waals surface area contributed by atoms with Gasteiger partial charge in [-0.05, 0) is 26.2 Å². The second kappa shape index (κ2) is 3.52. The molecule has 4 heteroatoms. The second-order valence-electron chi connectivity index (χ2n) is 4.37. The summed E-state index contributed by atoms with van der Waals surface area (Å²) >= 11 is 0. The first kappa shape index (κ1) is 10.5. The van der Waals surface area contributed by atoms with Crippen LogP contribution in [0.2, 0.25) is 0 Å². The summed E-state index contributed by atoms with van der Waals surface area (Å²) in [5.41, 5.74) is 7.93. The summed E-state index contributed by atoms with van der Waals surface area (Å²) in [5, 5.41) is 4.50. The first-order chi connectivity index (χ1) is 7.08. The molecule has 0 aliphatic carbocycles. The Labute approximate surface area is 90.4 Å². The van der Waals surface area contributed by atoms with Gasteiger partial charge in [-0.1, -0.05) is 6.92 Å². The minimum Gasteiger partial charge on any atom is -0.384 e. The molecular weight excluding hydrogens is 190 g/mol. The minimum atomic E-state index is -0.222. The lowest BCUT2D eigenvalue weighted by Crippen LogP contribution is -2.22. The van der Waals surface area contributed by atoms with E-state index >= 15 is 0 Å². The molecule has 1 aliphatic rings. The summed E-state index contributed by atoms with van der Waals surface area (Å²) < 4.78 is 7.56. The van der Waals surface area contributed by atoms with Gasteiger partial charge in [-0.3, -0.25) is 4.68 Å². The number of rotatable bonds is 2. The van der Waals surface area contributed by atoms with Crippen LogP contribution >= 0.6 is 0 Å². The van der Waals surface area contributed by atoms with Gasteiger partial charge >= 0.3 is 0 Å². The number of aromatic nitrogens is 2. The molecule has 2 heterocycles. The van der Waals surface area contributed by atoms with Crippen molar-refractivity contribution in [1.29, 1.82) is 0 Å². The lowest BCUT2D eigenvalue weighted by Gasteiger charge is -2.21. The molecule has 2 rings (SSSR count). The van der Waals surface area contributed by atoms with Crippen molar-refractivity contribution in [3.05, 3.63) is 11.3 Å². The molecule has 1 saturated heterocycles. The van der Waals surface area contributed by atoms with Crippen molar-refractivity contribution < 1.29 is 4.74 Å². The molecule has 0 bridgehead atoms. The number of nitrogens with zero attached hydrogens (tertiary/aromatic N) is 2. The molecule has 4 nitrogen and oxygen atoms in total. The number of ether oxygens (including phenoxy) is 1. The van der Waals surface area contributed by atoms with E-state index in [2.05, 4.69) is 18.9 Å². The summed E-state index contributed by atoms with van der Waals surface area (Å²) in [6.07, 6.45) is 3.06. The number of nitrogens with two attached hydrogens (primary N) is 1. The molecule has 0 aromatic carbocycles. The average Bonchev–Trinajstić information content (AvgIpc) is 2.75. The third-order valence-corrected chi connectivity index (χ3v) is 3.27. The molecule has 84 valence electrons. The van der Waals surface area contributed by atoms with Crippen LogP contribution in [0.15, 0.2) is 0 Å². The first-order valence-corrected chi connectivity index (χ1v) is 5.54. The van der Waals surface area contributed by atoms with Gasteiger partial charge in [-0.2, -0.15) is 5.10 Å². The second-order valence-corrected chi connectivity index (χ2v) is 4.37. The van der Waals surface area contributed by atoms with Crippen molar-refractivity contribution in [2.24, 2.45) is 7.05 Å². The maximum absolute atomic E-state index is 5.99. The molecule has 1 aliphatic heterocycles. The van der Waals surface area contributed by atoms with Crippen LogP contribution in [0, 0.1) is 0 Å². The van der Waals surface area contributed by atoms with E-state index in [0.717, 1.165) is 42.9 Å². The van der Waals surface area contributed by atoms with Gasteiger partial charge in [0.05, 0.1) is 5.69 Å². The van der Waals surface area contributed by atoms with Crippen LogP contribution in [0.4, 0.5) is 5.82 Å². The van der Waals surface area contributed by atoms with E-state index in [1.54, 1.807) is 4.68 Å².